The quantitative estimate of drug-likeness (QED) is 0.601. The summed E-state index contributed by atoms with van der Waals surface area (Å²) in [4.78, 5) is -0.263. The van der Waals surface area contributed by atoms with E-state index in [1.807, 2.05) is 10.8 Å². The van der Waals surface area contributed by atoms with E-state index in [1.54, 1.807) is 37.3 Å². The van der Waals surface area contributed by atoms with Gasteiger partial charge in [-0.2, -0.15) is 0 Å². The zero-order valence-corrected chi connectivity index (χ0v) is 16.2. The van der Waals surface area contributed by atoms with Gasteiger partial charge >= 0.3 is 0 Å². The molecule has 0 aliphatic rings. The van der Waals surface area contributed by atoms with Crippen LogP contribution in [0.1, 0.15) is 16.7 Å². The molecule has 142 valence electrons. The third-order valence-corrected chi connectivity index (χ3v) is 5.61. The molecule has 0 aliphatic heterocycles. The molecule has 0 aliphatic carbocycles. The Balaban J connectivity index is 1.94. The summed E-state index contributed by atoms with van der Waals surface area (Å²) < 4.78 is 55.8. The molecule has 3 rings (SSSR count). The van der Waals surface area contributed by atoms with E-state index in [4.69, 9.17) is 11.6 Å². The Hall–Kier alpha value is -2.88. The normalized spacial score (nSPS) is 10.9. The van der Waals surface area contributed by atoms with E-state index in [9.17, 15) is 17.2 Å². The lowest BCUT2D eigenvalue weighted by Crippen LogP contribution is -2.16. The van der Waals surface area contributed by atoms with Crippen molar-refractivity contribution in [3.05, 3.63) is 94.0 Å². The summed E-state index contributed by atoms with van der Waals surface area (Å²) in [7, 11) is -4.28. The Labute approximate surface area is 167 Å². The number of benzene rings is 3. The van der Waals surface area contributed by atoms with Crippen molar-refractivity contribution in [3.8, 4) is 11.8 Å². The topological polar surface area (TPSA) is 46.2 Å². The molecular weight excluding hydrogens is 404 g/mol. The molecule has 0 spiro atoms. The third kappa shape index (κ3) is 4.50. The number of sulfonamides is 1. The molecule has 7 heteroatoms. The second kappa shape index (κ2) is 8.01. The van der Waals surface area contributed by atoms with E-state index in [0.717, 1.165) is 12.1 Å². The molecule has 0 saturated carbocycles. The summed E-state index contributed by atoms with van der Waals surface area (Å²) >= 11 is 5.93. The maximum atomic E-state index is 14.4. The molecule has 0 radical (unpaired) electrons. The Morgan fingerprint density at radius 2 is 1.50 bits per heavy atom. The zero-order valence-electron chi connectivity index (χ0n) is 14.6. The monoisotopic (exact) mass is 417 g/mol. The van der Waals surface area contributed by atoms with Gasteiger partial charge in [0.25, 0.3) is 10.0 Å². The number of nitrogens with one attached hydrogen (secondary N) is 1. The highest BCUT2D eigenvalue weighted by atomic mass is 35.5. The smallest absolute Gasteiger partial charge is 0.263 e. The molecule has 0 aromatic heterocycles. The van der Waals surface area contributed by atoms with Gasteiger partial charge in [-0.1, -0.05) is 47.7 Å². The first-order chi connectivity index (χ1) is 13.3. The number of anilines is 1. The molecule has 0 bridgehead atoms. The minimum atomic E-state index is -4.28. The molecule has 0 atom stereocenters. The molecule has 1 N–H and O–H groups in total. The van der Waals surface area contributed by atoms with Gasteiger partial charge in [0.05, 0.1) is 5.02 Å². The van der Waals surface area contributed by atoms with Crippen LogP contribution in [0.2, 0.25) is 5.02 Å². The Morgan fingerprint density at radius 3 is 2.14 bits per heavy atom. The van der Waals surface area contributed by atoms with E-state index in [0.29, 0.717) is 11.1 Å². The molecule has 0 heterocycles. The molecule has 0 unspecified atom stereocenters. The van der Waals surface area contributed by atoms with Crippen molar-refractivity contribution in [2.45, 2.75) is 11.8 Å². The summed E-state index contributed by atoms with van der Waals surface area (Å²) in [5.74, 6) is 3.28. The maximum absolute atomic E-state index is 14.4. The Kier molecular flexibility index (Phi) is 5.68. The fourth-order valence-corrected chi connectivity index (χ4v) is 4.08. The van der Waals surface area contributed by atoms with Crippen LogP contribution in [0.3, 0.4) is 0 Å². The largest absolute Gasteiger partial charge is 0.274 e. The predicted octanol–water partition coefficient (Wildman–Crippen LogP) is 5.13. The molecule has 3 nitrogen and oxygen atoms in total. The first-order valence-corrected chi connectivity index (χ1v) is 9.97. The van der Waals surface area contributed by atoms with Crippen LogP contribution in [-0.4, -0.2) is 8.42 Å². The maximum Gasteiger partial charge on any atom is 0.263 e. The summed E-state index contributed by atoms with van der Waals surface area (Å²) in [5, 5.41) is -0.0516. The van der Waals surface area contributed by atoms with Crippen LogP contribution >= 0.6 is 11.6 Å². The van der Waals surface area contributed by atoms with Crippen LogP contribution in [0.4, 0.5) is 14.5 Å². The first kappa shape index (κ1) is 19.9. The van der Waals surface area contributed by atoms with Gasteiger partial charge in [-0.05, 0) is 48.9 Å². The summed E-state index contributed by atoms with van der Waals surface area (Å²) in [5.41, 5.74) is 0.609. The van der Waals surface area contributed by atoms with Gasteiger partial charge in [0.2, 0.25) is 0 Å². The first-order valence-electron chi connectivity index (χ1n) is 8.11. The molecule has 0 saturated heterocycles. The highest BCUT2D eigenvalue weighted by molar-refractivity contribution is 7.92. The van der Waals surface area contributed by atoms with Crippen LogP contribution < -0.4 is 4.72 Å². The number of aryl methyl sites for hydroxylation is 1. The SMILES string of the molecule is Cc1ccc(Cl)c(S(=O)(=O)Nc2c(F)cc(C#Cc3ccccc3)cc2F)c1. The highest BCUT2D eigenvalue weighted by Crippen LogP contribution is 2.28. The van der Waals surface area contributed by atoms with E-state index in [-0.39, 0.29) is 15.5 Å². The Morgan fingerprint density at radius 1 is 0.893 bits per heavy atom. The van der Waals surface area contributed by atoms with Crippen molar-refractivity contribution in [2.24, 2.45) is 0 Å². The molecule has 28 heavy (non-hydrogen) atoms. The van der Waals surface area contributed by atoms with Crippen LogP contribution in [0.15, 0.2) is 65.6 Å². The number of hydrogen-bond donors (Lipinski definition) is 1. The van der Waals surface area contributed by atoms with E-state index < -0.39 is 27.3 Å². The highest BCUT2D eigenvalue weighted by Gasteiger charge is 2.22. The fourth-order valence-electron chi connectivity index (χ4n) is 2.41. The van der Waals surface area contributed by atoms with Crippen molar-refractivity contribution < 1.29 is 17.2 Å². The average Bonchev–Trinajstić information content (AvgIpc) is 2.66. The molecule has 0 amide bonds. The number of halogens is 3. The second-order valence-electron chi connectivity index (χ2n) is 5.97. The van der Waals surface area contributed by atoms with E-state index in [1.165, 1.54) is 12.1 Å². The van der Waals surface area contributed by atoms with Crippen LogP contribution in [-0.2, 0) is 10.0 Å². The number of hydrogen-bond acceptors (Lipinski definition) is 2. The summed E-state index contributed by atoms with van der Waals surface area (Å²) in [6.07, 6.45) is 0. The Bertz CT molecular complexity index is 1180. The lowest BCUT2D eigenvalue weighted by Gasteiger charge is -2.12. The van der Waals surface area contributed by atoms with Crippen LogP contribution in [0.25, 0.3) is 0 Å². The standard InChI is InChI=1S/C21H14ClF2NO2S/c1-14-7-10-17(22)20(11-14)28(26,27)25-21-18(23)12-16(13-19(21)24)9-8-15-5-3-2-4-6-15/h2-7,10-13,25H,1H3. The van der Waals surface area contributed by atoms with Gasteiger partial charge in [-0.25, -0.2) is 17.2 Å². The second-order valence-corrected chi connectivity index (χ2v) is 8.03. The summed E-state index contributed by atoms with van der Waals surface area (Å²) in [6.45, 7) is 1.68. The molecular formula is C21H14ClF2NO2S. The van der Waals surface area contributed by atoms with Crippen molar-refractivity contribution >= 4 is 27.3 Å². The van der Waals surface area contributed by atoms with Crippen LogP contribution in [0.5, 0.6) is 0 Å². The molecule has 3 aromatic rings. The molecule has 3 aromatic carbocycles. The van der Waals surface area contributed by atoms with Crippen molar-refractivity contribution in [2.75, 3.05) is 4.72 Å². The van der Waals surface area contributed by atoms with Crippen molar-refractivity contribution in [1.29, 1.82) is 0 Å². The van der Waals surface area contributed by atoms with Gasteiger partial charge in [0, 0.05) is 11.1 Å². The lowest BCUT2D eigenvalue weighted by molar-refractivity contribution is 0.582. The summed E-state index contributed by atoms with van der Waals surface area (Å²) in [6, 6.07) is 15.2. The van der Waals surface area contributed by atoms with Gasteiger partial charge in [0.1, 0.15) is 10.6 Å². The van der Waals surface area contributed by atoms with Crippen LogP contribution in [0, 0.1) is 30.4 Å². The number of rotatable bonds is 3. The third-order valence-electron chi connectivity index (χ3n) is 3.78. The molecule has 0 fully saturated rings. The minimum Gasteiger partial charge on any atom is -0.274 e. The predicted molar refractivity (Wildman–Crippen MR) is 106 cm³/mol. The van der Waals surface area contributed by atoms with Crippen molar-refractivity contribution in [1.82, 2.24) is 0 Å². The van der Waals surface area contributed by atoms with Gasteiger partial charge in [-0.3, -0.25) is 4.72 Å². The van der Waals surface area contributed by atoms with Gasteiger partial charge in [0.15, 0.2) is 11.6 Å². The van der Waals surface area contributed by atoms with Gasteiger partial charge in [-0.15, -0.1) is 0 Å². The zero-order chi connectivity index (χ0) is 20.3. The lowest BCUT2D eigenvalue weighted by atomic mass is 10.1. The van der Waals surface area contributed by atoms with E-state index >= 15 is 0 Å². The average molecular weight is 418 g/mol. The van der Waals surface area contributed by atoms with E-state index in [2.05, 4.69) is 11.8 Å². The van der Waals surface area contributed by atoms with Crippen molar-refractivity contribution in [3.63, 3.8) is 0 Å². The fraction of sp³-hybridized carbons (Fsp3) is 0.0476. The van der Waals surface area contributed by atoms with Gasteiger partial charge < -0.3 is 0 Å². The minimum absolute atomic E-state index is 0.0516.